The van der Waals surface area contributed by atoms with Crippen molar-refractivity contribution in [3.05, 3.63) is 28.0 Å². The molecule has 0 amide bonds. The summed E-state index contributed by atoms with van der Waals surface area (Å²) in [6, 6.07) is 2.51. The predicted octanol–water partition coefficient (Wildman–Crippen LogP) is 5.60. The smallest absolute Gasteiger partial charge is 0.161 e. The van der Waals surface area contributed by atoms with Gasteiger partial charge < -0.3 is 5.32 Å². The minimum absolute atomic E-state index is 0.279. The summed E-state index contributed by atoms with van der Waals surface area (Å²) >= 11 is 13.8. The van der Waals surface area contributed by atoms with Crippen LogP contribution in [0.4, 0.5) is 10.1 Å². The van der Waals surface area contributed by atoms with Crippen LogP contribution in [0.3, 0.4) is 0 Å². The van der Waals surface area contributed by atoms with Crippen molar-refractivity contribution < 1.29 is 4.39 Å². The molecule has 1 aromatic carbocycles. The van der Waals surface area contributed by atoms with E-state index in [0.29, 0.717) is 11.1 Å². The number of halogens is 3. The van der Waals surface area contributed by atoms with Crippen LogP contribution in [0.15, 0.2) is 17.1 Å². The number of hydrogen-bond donors (Lipinski definition) is 1. The van der Waals surface area contributed by atoms with Crippen molar-refractivity contribution >= 4 is 45.8 Å². The van der Waals surface area contributed by atoms with E-state index in [4.69, 9.17) is 23.2 Å². The van der Waals surface area contributed by atoms with Gasteiger partial charge in [0.1, 0.15) is 5.82 Å². The molecular formula is C15H17Cl2FN2S. The standard InChI is InChI=1S/C15H17Cl2FN2S/c16-11-6-10(18)7-12(17)13(11)20-14-19-8-15(9-21-14)4-2-1-3-5-15/h6-7H,1-5,8-9H2,(H,19,20). The second kappa shape index (κ2) is 6.35. The van der Waals surface area contributed by atoms with Gasteiger partial charge in [0.05, 0.1) is 15.7 Å². The summed E-state index contributed by atoms with van der Waals surface area (Å²) < 4.78 is 13.2. The highest BCUT2D eigenvalue weighted by molar-refractivity contribution is 8.14. The van der Waals surface area contributed by atoms with Crippen LogP contribution in [-0.2, 0) is 0 Å². The minimum Gasteiger partial charge on any atom is -0.333 e. The summed E-state index contributed by atoms with van der Waals surface area (Å²) in [5.74, 6) is 0.643. The van der Waals surface area contributed by atoms with Gasteiger partial charge in [0.2, 0.25) is 0 Å². The van der Waals surface area contributed by atoms with Crippen LogP contribution in [0, 0.1) is 11.2 Å². The molecule has 1 aliphatic heterocycles. The SMILES string of the molecule is Fc1cc(Cl)c(NC2=NCC3(CCCCC3)CS2)c(Cl)c1. The summed E-state index contributed by atoms with van der Waals surface area (Å²) in [6.07, 6.45) is 6.52. The number of aliphatic imine (C=N–C) groups is 1. The minimum atomic E-state index is -0.435. The maximum atomic E-state index is 13.2. The van der Waals surface area contributed by atoms with E-state index in [0.717, 1.165) is 17.5 Å². The Balaban J connectivity index is 1.72. The molecule has 0 aromatic heterocycles. The van der Waals surface area contributed by atoms with Crippen molar-refractivity contribution in [3.63, 3.8) is 0 Å². The molecule has 1 spiro atoms. The molecule has 1 saturated carbocycles. The van der Waals surface area contributed by atoms with E-state index in [-0.39, 0.29) is 10.0 Å². The molecule has 0 saturated heterocycles. The molecule has 114 valence electrons. The number of anilines is 1. The zero-order valence-corrected chi connectivity index (χ0v) is 13.9. The van der Waals surface area contributed by atoms with Gasteiger partial charge in [-0.05, 0) is 30.4 Å². The van der Waals surface area contributed by atoms with Crippen molar-refractivity contribution in [2.45, 2.75) is 32.1 Å². The zero-order valence-electron chi connectivity index (χ0n) is 11.6. The maximum Gasteiger partial charge on any atom is 0.161 e. The Labute approximate surface area is 138 Å². The molecule has 21 heavy (non-hydrogen) atoms. The highest BCUT2D eigenvalue weighted by atomic mass is 35.5. The van der Waals surface area contributed by atoms with Crippen LogP contribution in [0.25, 0.3) is 0 Å². The van der Waals surface area contributed by atoms with Crippen LogP contribution < -0.4 is 5.32 Å². The molecule has 1 N–H and O–H groups in total. The fourth-order valence-corrected chi connectivity index (χ4v) is 4.71. The Morgan fingerprint density at radius 2 is 1.81 bits per heavy atom. The normalized spacial score (nSPS) is 21.2. The molecule has 0 bridgehead atoms. The first-order valence-electron chi connectivity index (χ1n) is 7.17. The summed E-state index contributed by atoms with van der Waals surface area (Å²) in [4.78, 5) is 4.66. The molecule has 1 heterocycles. The Morgan fingerprint density at radius 3 is 2.38 bits per heavy atom. The lowest BCUT2D eigenvalue weighted by Gasteiger charge is -2.38. The fraction of sp³-hybridized carbons (Fsp3) is 0.533. The van der Waals surface area contributed by atoms with Gasteiger partial charge >= 0.3 is 0 Å². The maximum absolute atomic E-state index is 13.2. The van der Waals surface area contributed by atoms with Gasteiger partial charge in [-0.2, -0.15) is 0 Å². The van der Waals surface area contributed by atoms with Crippen LogP contribution in [0.1, 0.15) is 32.1 Å². The van der Waals surface area contributed by atoms with E-state index < -0.39 is 5.82 Å². The molecule has 3 rings (SSSR count). The lowest BCUT2D eigenvalue weighted by Crippen LogP contribution is -2.35. The van der Waals surface area contributed by atoms with Crippen LogP contribution >= 0.6 is 35.0 Å². The Kier molecular flexibility index (Phi) is 4.67. The molecule has 1 fully saturated rings. The third-order valence-corrected chi connectivity index (χ3v) is 6.08. The van der Waals surface area contributed by atoms with E-state index in [1.807, 2.05) is 0 Å². The number of nitrogens with zero attached hydrogens (tertiary/aromatic N) is 1. The molecular weight excluding hydrogens is 330 g/mol. The van der Waals surface area contributed by atoms with E-state index in [9.17, 15) is 4.39 Å². The summed E-state index contributed by atoms with van der Waals surface area (Å²) in [5.41, 5.74) is 0.912. The van der Waals surface area contributed by atoms with Crippen molar-refractivity contribution in [2.75, 3.05) is 17.6 Å². The topological polar surface area (TPSA) is 24.4 Å². The van der Waals surface area contributed by atoms with Crippen molar-refractivity contribution in [3.8, 4) is 0 Å². The Bertz CT molecular complexity index is 548. The second-order valence-corrected chi connectivity index (χ2v) is 7.62. The highest BCUT2D eigenvalue weighted by Crippen LogP contribution is 2.42. The number of benzene rings is 1. The van der Waals surface area contributed by atoms with Gasteiger partial charge in [0.25, 0.3) is 0 Å². The van der Waals surface area contributed by atoms with Gasteiger partial charge in [-0.25, -0.2) is 4.39 Å². The Morgan fingerprint density at radius 1 is 1.14 bits per heavy atom. The average Bonchev–Trinajstić information content (AvgIpc) is 2.46. The van der Waals surface area contributed by atoms with E-state index in [1.165, 1.54) is 44.2 Å². The predicted molar refractivity (Wildman–Crippen MR) is 90.3 cm³/mol. The number of hydrogen-bond acceptors (Lipinski definition) is 3. The summed E-state index contributed by atoms with van der Waals surface area (Å²) in [6.45, 7) is 0.860. The van der Waals surface area contributed by atoms with E-state index in [2.05, 4.69) is 10.3 Å². The van der Waals surface area contributed by atoms with Gasteiger partial charge in [0, 0.05) is 12.3 Å². The Hall–Kier alpha value is -0.450. The number of nitrogens with one attached hydrogen (secondary N) is 1. The van der Waals surface area contributed by atoms with Gasteiger partial charge in [-0.1, -0.05) is 54.2 Å². The molecule has 0 atom stereocenters. The van der Waals surface area contributed by atoms with Crippen LogP contribution in [0.5, 0.6) is 0 Å². The fourth-order valence-electron chi connectivity index (χ4n) is 3.00. The molecule has 1 aliphatic carbocycles. The first-order chi connectivity index (χ1) is 10.1. The number of thioether (sulfide) groups is 1. The molecule has 6 heteroatoms. The number of amidine groups is 1. The van der Waals surface area contributed by atoms with Crippen molar-refractivity contribution in [1.82, 2.24) is 0 Å². The highest BCUT2D eigenvalue weighted by Gasteiger charge is 2.35. The largest absolute Gasteiger partial charge is 0.333 e. The third kappa shape index (κ3) is 3.49. The summed E-state index contributed by atoms with van der Waals surface area (Å²) in [7, 11) is 0. The molecule has 1 aromatic rings. The van der Waals surface area contributed by atoms with Gasteiger partial charge in [-0.3, -0.25) is 4.99 Å². The van der Waals surface area contributed by atoms with Crippen LogP contribution in [0.2, 0.25) is 10.0 Å². The van der Waals surface area contributed by atoms with E-state index >= 15 is 0 Å². The molecule has 0 unspecified atom stereocenters. The summed E-state index contributed by atoms with van der Waals surface area (Å²) in [5, 5.41) is 4.53. The zero-order chi connectivity index (χ0) is 14.9. The van der Waals surface area contributed by atoms with Crippen LogP contribution in [-0.4, -0.2) is 17.5 Å². The third-order valence-electron chi connectivity index (χ3n) is 4.23. The van der Waals surface area contributed by atoms with Crippen molar-refractivity contribution in [2.24, 2.45) is 10.4 Å². The van der Waals surface area contributed by atoms with Gasteiger partial charge in [-0.15, -0.1) is 0 Å². The monoisotopic (exact) mass is 346 g/mol. The van der Waals surface area contributed by atoms with Crippen molar-refractivity contribution in [1.29, 1.82) is 0 Å². The second-order valence-electron chi connectivity index (χ2n) is 5.84. The first-order valence-corrected chi connectivity index (χ1v) is 8.91. The molecule has 0 radical (unpaired) electrons. The lowest BCUT2D eigenvalue weighted by atomic mass is 9.75. The average molecular weight is 347 g/mol. The van der Waals surface area contributed by atoms with Gasteiger partial charge in [0.15, 0.2) is 5.17 Å². The molecule has 2 aliphatic rings. The lowest BCUT2D eigenvalue weighted by molar-refractivity contribution is 0.232. The quantitative estimate of drug-likeness (QED) is 0.715. The first kappa shape index (κ1) is 15.4. The number of rotatable bonds is 1. The molecule has 2 nitrogen and oxygen atoms in total. The van der Waals surface area contributed by atoms with E-state index in [1.54, 1.807) is 11.8 Å².